The largest absolute Gasteiger partial charge is 0.487 e. The van der Waals surface area contributed by atoms with E-state index in [1.54, 1.807) is 24.4 Å². The van der Waals surface area contributed by atoms with Gasteiger partial charge in [-0.15, -0.1) is 0 Å². The van der Waals surface area contributed by atoms with Gasteiger partial charge in [-0.25, -0.2) is 4.98 Å². The van der Waals surface area contributed by atoms with Crippen molar-refractivity contribution < 1.29 is 9.47 Å². The molecule has 0 amide bonds. The van der Waals surface area contributed by atoms with Crippen LogP contribution in [0.3, 0.4) is 0 Å². The summed E-state index contributed by atoms with van der Waals surface area (Å²) in [4.78, 5) is 4.26. The van der Waals surface area contributed by atoms with Gasteiger partial charge < -0.3 is 9.47 Å². The molecule has 0 N–H and O–H groups in total. The molecule has 24 heavy (non-hydrogen) atoms. The van der Waals surface area contributed by atoms with E-state index in [-0.39, 0.29) is 0 Å². The molecule has 0 spiro atoms. The van der Waals surface area contributed by atoms with Crippen LogP contribution in [0.15, 0.2) is 60.8 Å². The van der Waals surface area contributed by atoms with Crippen molar-refractivity contribution in [3.63, 3.8) is 0 Å². The molecule has 0 saturated carbocycles. The summed E-state index contributed by atoms with van der Waals surface area (Å²) in [7, 11) is 0. The van der Waals surface area contributed by atoms with E-state index < -0.39 is 0 Å². The van der Waals surface area contributed by atoms with E-state index in [2.05, 4.69) is 4.98 Å². The molecule has 3 aromatic rings. The lowest BCUT2D eigenvalue weighted by Crippen LogP contribution is -1.97. The summed E-state index contributed by atoms with van der Waals surface area (Å²) < 4.78 is 11.5. The zero-order chi connectivity index (χ0) is 16.9. The zero-order valence-electron chi connectivity index (χ0n) is 13.0. The molecule has 1 heterocycles. The number of benzene rings is 2. The Morgan fingerprint density at radius 1 is 1.00 bits per heavy atom. The first kappa shape index (κ1) is 16.6. The Hall–Kier alpha value is -2.23. The number of hydrogen-bond donors (Lipinski definition) is 0. The first-order valence-electron chi connectivity index (χ1n) is 7.38. The highest BCUT2D eigenvalue weighted by Gasteiger charge is 2.05. The molecule has 3 nitrogen and oxygen atoms in total. The minimum Gasteiger partial charge on any atom is -0.487 e. The fraction of sp³-hybridized carbons (Fsp3) is 0.105. The maximum absolute atomic E-state index is 6.11. The Balaban J connectivity index is 1.65. The minimum atomic E-state index is 0.384. The van der Waals surface area contributed by atoms with Gasteiger partial charge in [0.15, 0.2) is 0 Å². The molecule has 1 aromatic heterocycles. The summed E-state index contributed by atoms with van der Waals surface area (Å²) >= 11 is 12.1. The fourth-order valence-electron chi connectivity index (χ4n) is 2.09. The van der Waals surface area contributed by atoms with Crippen LogP contribution in [0.1, 0.15) is 11.1 Å². The molecule has 0 unspecified atom stereocenters. The molecule has 3 rings (SSSR count). The van der Waals surface area contributed by atoms with Crippen molar-refractivity contribution in [1.82, 2.24) is 4.98 Å². The Morgan fingerprint density at radius 3 is 2.58 bits per heavy atom. The van der Waals surface area contributed by atoms with Gasteiger partial charge in [-0.2, -0.15) is 0 Å². The number of pyridine rings is 1. The van der Waals surface area contributed by atoms with E-state index in [1.165, 1.54) is 0 Å². The van der Waals surface area contributed by atoms with Crippen LogP contribution in [0.4, 0.5) is 0 Å². The highest BCUT2D eigenvalue weighted by atomic mass is 35.5. The monoisotopic (exact) mass is 359 g/mol. The van der Waals surface area contributed by atoms with Crippen LogP contribution in [0, 0.1) is 6.92 Å². The lowest BCUT2D eigenvalue weighted by atomic mass is 10.2. The van der Waals surface area contributed by atoms with Gasteiger partial charge in [0, 0.05) is 21.7 Å². The lowest BCUT2D eigenvalue weighted by molar-refractivity contribution is 0.304. The quantitative estimate of drug-likeness (QED) is 0.554. The van der Waals surface area contributed by atoms with E-state index in [1.807, 2.05) is 43.3 Å². The van der Waals surface area contributed by atoms with Crippen molar-refractivity contribution in [2.75, 3.05) is 0 Å². The summed E-state index contributed by atoms with van der Waals surface area (Å²) in [5.41, 5.74) is 1.91. The summed E-state index contributed by atoms with van der Waals surface area (Å²) in [5, 5.41) is 1.30. The topological polar surface area (TPSA) is 31.4 Å². The van der Waals surface area contributed by atoms with Crippen LogP contribution in [-0.2, 0) is 6.61 Å². The van der Waals surface area contributed by atoms with Gasteiger partial charge in [0.1, 0.15) is 18.1 Å². The molecule has 5 heteroatoms. The van der Waals surface area contributed by atoms with Crippen molar-refractivity contribution in [3.8, 4) is 17.4 Å². The van der Waals surface area contributed by atoms with E-state index in [0.29, 0.717) is 34.0 Å². The van der Waals surface area contributed by atoms with Crippen molar-refractivity contribution in [2.24, 2.45) is 0 Å². The molecule has 0 atom stereocenters. The Labute approximate surface area is 150 Å². The number of rotatable bonds is 5. The summed E-state index contributed by atoms with van der Waals surface area (Å²) in [5.74, 6) is 1.80. The predicted octanol–water partition coefficient (Wildman–Crippen LogP) is 6.07. The second-order valence-corrected chi connectivity index (χ2v) is 6.07. The first-order valence-corrected chi connectivity index (χ1v) is 8.14. The van der Waals surface area contributed by atoms with Gasteiger partial charge in [-0.1, -0.05) is 47.5 Å². The molecular formula is C19H15Cl2NO2. The first-order chi connectivity index (χ1) is 11.6. The van der Waals surface area contributed by atoms with Crippen molar-refractivity contribution in [3.05, 3.63) is 82.0 Å². The average molecular weight is 360 g/mol. The standard InChI is InChI=1S/C19H15Cl2NO2/c1-13-6-7-15(20)10-18(13)24-19-9-8-16(11-22-19)23-12-14-4-2-3-5-17(14)21/h2-11H,12H2,1H3. The van der Waals surface area contributed by atoms with E-state index in [9.17, 15) is 0 Å². The maximum Gasteiger partial charge on any atom is 0.219 e. The number of ether oxygens (including phenoxy) is 2. The Kier molecular flexibility index (Phi) is 5.24. The number of aromatic nitrogens is 1. The fourth-order valence-corrected chi connectivity index (χ4v) is 2.44. The van der Waals surface area contributed by atoms with Crippen LogP contribution >= 0.6 is 23.2 Å². The molecule has 122 valence electrons. The summed E-state index contributed by atoms with van der Waals surface area (Å²) in [6.45, 7) is 2.34. The number of halogens is 2. The van der Waals surface area contributed by atoms with Crippen LogP contribution < -0.4 is 9.47 Å². The van der Waals surface area contributed by atoms with Crippen LogP contribution in [0.25, 0.3) is 0 Å². The third kappa shape index (κ3) is 4.19. The summed E-state index contributed by atoms with van der Waals surface area (Å²) in [6.07, 6.45) is 1.62. The van der Waals surface area contributed by atoms with Gasteiger partial charge in [0.2, 0.25) is 5.88 Å². The normalized spacial score (nSPS) is 10.5. The van der Waals surface area contributed by atoms with E-state index in [0.717, 1.165) is 11.1 Å². The number of hydrogen-bond acceptors (Lipinski definition) is 3. The van der Waals surface area contributed by atoms with Crippen molar-refractivity contribution in [2.45, 2.75) is 13.5 Å². The highest BCUT2D eigenvalue weighted by molar-refractivity contribution is 6.31. The van der Waals surface area contributed by atoms with Crippen molar-refractivity contribution in [1.29, 1.82) is 0 Å². The molecule has 0 aliphatic carbocycles. The Bertz CT molecular complexity index is 835. The van der Waals surface area contributed by atoms with Gasteiger partial charge in [0.05, 0.1) is 6.20 Å². The van der Waals surface area contributed by atoms with Crippen LogP contribution in [0.2, 0.25) is 10.0 Å². The molecular weight excluding hydrogens is 345 g/mol. The molecule has 0 aliphatic heterocycles. The Morgan fingerprint density at radius 2 is 1.83 bits per heavy atom. The number of aryl methyl sites for hydroxylation is 1. The van der Waals surface area contributed by atoms with Crippen LogP contribution in [-0.4, -0.2) is 4.98 Å². The number of nitrogens with zero attached hydrogens (tertiary/aromatic N) is 1. The predicted molar refractivity (Wildman–Crippen MR) is 96.3 cm³/mol. The molecule has 0 bridgehead atoms. The molecule has 2 aromatic carbocycles. The SMILES string of the molecule is Cc1ccc(Cl)cc1Oc1ccc(OCc2ccccc2Cl)cn1. The highest BCUT2D eigenvalue weighted by Crippen LogP contribution is 2.27. The average Bonchev–Trinajstić information content (AvgIpc) is 2.59. The van der Waals surface area contributed by atoms with Gasteiger partial charge in [0.25, 0.3) is 0 Å². The molecule has 0 fully saturated rings. The lowest BCUT2D eigenvalue weighted by Gasteiger charge is -2.10. The molecule has 0 saturated heterocycles. The molecule has 0 radical (unpaired) electrons. The van der Waals surface area contributed by atoms with Gasteiger partial charge >= 0.3 is 0 Å². The third-order valence-corrected chi connectivity index (χ3v) is 4.03. The van der Waals surface area contributed by atoms with E-state index >= 15 is 0 Å². The van der Waals surface area contributed by atoms with Gasteiger partial charge in [-0.05, 0) is 36.8 Å². The van der Waals surface area contributed by atoms with Crippen LogP contribution in [0.5, 0.6) is 17.4 Å². The smallest absolute Gasteiger partial charge is 0.219 e. The zero-order valence-corrected chi connectivity index (χ0v) is 14.5. The molecule has 0 aliphatic rings. The van der Waals surface area contributed by atoms with Gasteiger partial charge in [-0.3, -0.25) is 0 Å². The van der Waals surface area contributed by atoms with E-state index in [4.69, 9.17) is 32.7 Å². The summed E-state index contributed by atoms with van der Waals surface area (Å²) in [6, 6.07) is 16.6. The second kappa shape index (κ2) is 7.56. The third-order valence-electron chi connectivity index (χ3n) is 3.43. The van der Waals surface area contributed by atoms with Crippen molar-refractivity contribution >= 4 is 23.2 Å². The maximum atomic E-state index is 6.11. The minimum absolute atomic E-state index is 0.384. The second-order valence-electron chi connectivity index (χ2n) is 5.22.